The second-order valence-corrected chi connectivity index (χ2v) is 4.24. The van der Waals surface area contributed by atoms with E-state index < -0.39 is 6.04 Å². The number of anilines is 1. The Morgan fingerprint density at radius 3 is 2.72 bits per heavy atom. The number of nitriles is 1. The molecule has 0 saturated carbocycles. The number of rotatable bonds is 5. The summed E-state index contributed by atoms with van der Waals surface area (Å²) in [5.41, 5.74) is 0.469. The fourth-order valence-electron chi connectivity index (χ4n) is 1.48. The Kier molecular flexibility index (Phi) is 5.12. The van der Waals surface area contributed by atoms with Gasteiger partial charge in [-0.05, 0) is 18.6 Å². The van der Waals surface area contributed by atoms with Gasteiger partial charge in [-0.15, -0.1) is 0 Å². The summed E-state index contributed by atoms with van der Waals surface area (Å²) in [7, 11) is 3.77. The van der Waals surface area contributed by atoms with Gasteiger partial charge >= 0.3 is 0 Å². The van der Waals surface area contributed by atoms with E-state index >= 15 is 0 Å². The molecule has 1 N–H and O–H groups in total. The van der Waals surface area contributed by atoms with E-state index in [2.05, 4.69) is 16.4 Å². The average molecular weight is 246 g/mol. The molecule has 1 atom stereocenters. The van der Waals surface area contributed by atoms with Crippen LogP contribution in [0.2, 0.25) is 0 Å². The van der Waals surface area contributed by atoms with Gasteiger partial charge in [-0.3, -0.25) is 4.79 Å². The van der Waals surface area contributed by atoms with Crippen LogP contribution in [0.1, 0.15) is 30.1 Å². The Hall–Kier alpha value is -2.09. The van der Waals surface area contributed by atoms with E-state index in [1.807, 2.05) is 25.9 Å². The first kappa shape index (κ1) is 14.0. The number of amides is 1. The molecule has 96 valence electrons. The molecule has 1 amide bonds. The van der Waals surface area contributed by atoms with Gasteiger partial charge in [0.1, 0.15) is 11.9 Å². The molecule has 5 heteroatoms. The maximum absolute atomic E-state index is 11.9. The van der Waals surface area contributed by atoms with Crippen LogP contribution in [0.15, 0.2) is 18.3 Å². The normalized spacial score (nSPS) is 11.4. The van der Waals surface area contributed by atoms with E-state index in [4.69, 9.17) is 5.26 Å². The molecule has 0 aromatic carbocycles. The summed E-state index contributed by atoms with van der Waals surface area (Å²) in [6, 6.07) is 5.12. The van der Waals surface area contributed by atoms with Crippen molar-refractivity contribution in [3.05, 3.63) is 23.9 Å². The van der Waals surface area contributed by atoms with E-state index in [0.29, 0.717) is 12.0 Å². The Morgan fingerprint density at radius 1 is 1.56 bits per heavy atom. The van der Waals surface area contributed by atoms with E-state index in [9.17, 15) is 4.79 Å². The Morgan fingerprint density at radius 2 is 2.28 bits per heavy atom. The highest BCUT2D eigenvalue weighted by Gasteiger charge is 2.12. The zero-order valence-electron chi connectivity index (χ0n) is 11.0. The number of aromatic nitrogens is 1. The maximum Gasteiger partial charge on any atom is 0.253 e. The first-order chi connectivity index (χ1) is 8.58. The van der Waals surface area contributed by atoms with Crippen molar-refractivity contribution in [2.75, 3.05) is 19.0 Å². The molecular weight excluding hydrogens is 228 g/mol. The number of nitrogens with zero attached hydrogens (tertiary/aromatic N) is 3. The second-order valence-electron chi connectivity index (χ2n) is 4.24. The van der Waals surface area contributed by atoms with Crippen molar-refractivity contribution in [2.24, 2.45) is 0 Å². The minimum atomic E-state index is -0.434. The van der Waals surface area contributed by atoms with Crippen LogP contribution in [-0.4, -0.2) is 31.0 Å². The summed E-state index contributed by atoms with van der Waals surface area (Å²) in [6.07, 6.45) is 3.03. The first-order valence-electron chi connectivity index (χ1n) is 5.92. The molecule has 0 aliphatic rings. The lowest BCUT2D eigenvalue weighted by molar-refractivity contribution is 0.0943. The van der Waals surface area contributed by atoms with Gasteiger partial charge in [0.05, 0.1) is 11.6 Å². The molecule has 5 nitrogen and oxygen atoms in total. The highest BCUT2D eigenvalue weighted by Crippen LogP contribution is 2.08. The lowest BCUT2D eigenvalue weighted by Gasteiger charge is -2.12. The zero-order valence-corrected chi connectivity index (χ0v) is 11.0. The minimum absolute atomic E-state index is 0.257. The molecule has 1 aromatic rings. The monoisotopic (exact) mass is 246 g/mol. The lowest BCUT2D eigenvalue weighted by atomic mass is 10.1. The quantitative estimate of drug-likeness (QED) is 0.856. The van der Waals surface area contributed by atoms with Crippen LogP contribution in [0.4, 0.5) is 5.82 Å². The van der Waals surface area contributed by atoms with Gasteiger partial charge in [-0.2, -0.15) is 5.26 Å². The summed E-state index contributed by atoms with van der Waals surface area (Å²) >= 11 is 0. The molecular formula is C13H18N4O. The number of carbonyl (C=O) groups is 1. The number of nitrogens with one attached hydrogen (secondary N) is 1. The fourth-order valence-corrected chi connectivity index (χ4v) is 1.48. The van der Waals surface area contributed by atoms with Gasteiger partial charge in [-0.1, -0.05) is 13.3 Å². The minimum Gasteiger partial charge on any atom is -0.363 e. The molecule has 0 aliphatic carbocycles. The number of carbonyl (C=O) groups excluding carboxylic acids is 1. The zero-order chi connectivity index (χ0) is 13.5. The lowest BCUT2D eigenvalue weighted by Crippen LogP contribution is -2.33. The van der Waals surface area contributed by atoms with Crippen molar-refractivity contribution in [1.82, 2.24) is 10.3 Å². The highest BCUT2D eigenvalue weighted by atomic mass is 16.1. The molecule has 0 aliphatic heterocycles. The van der Waals surface area contributed by atoms with E-state index in [1.165, 1.54) is 6.20 Å². The summed E-state index contributed by atoms with van der Waals surface area (Å²) in [5.74, 6) is 0.532. The van der Waals surface area contributed by atoms with Gasteiger partial charge in [-0.25, -0.2) is 4.98 Å². The Labute approximate surface area is 107 Å². The molecule has 18 heavy (non-hydrogen) atoms. The number of hydrogen-bond donors (Lipinski definition) is 1. The SMILES string of the molecule is CCC[C@H](C#N)NC(=O)c1ccc(N(C)C)nc1. The maximum atomic E-state index is 11.9. The predicted octanol–water partition coefficient (Wildman–Crippen LogP) is 1.57. The molecule has 0 radical (unpaired) electrons. The molecule has 0 saturated heterocycles. The van der Waals surface area contributed by atoms with Crippen LogP contribution < -0.4 is 10.2 Å². The van der Waals surface area contributed by atoms with Crippen molar-refractivity contribution in [2.45, 2.75) is 25.8 Å². The predicted molar refractivity (Wildman–Crippen MR) is 70.3 cm³/mol. The van der Waals surface area contributed by atoms with Crippen molar-refractivity contribution in [3.63, 3.8) is 0 Å². The summed E-state index contributed by atoms with van der Waals surface area (Å²) < 4.78 is 0. The molecule has 1 aromatic heterocycles. The molecule has 0 bridgehead atoms. The van der Waals surface area contributed by atoms with Crippen LogP contribution in [-0.2, 0) is 0 Å². The Balaban J connectivity index is 2.70. The first-order valence-corrected chi connectivity index (χ1v) is 5.92. The summed E-state index contributed by atoms with van der Waals surface area (Å²) in [4.78, 5) is 17.9. The number of hydrogen-bond acceptors (Lipinski definition) is 4. The smallest absolute Gasteiger partial charge is 0.253 e. The van der Waals surface area contributed by atoms with Gasteiger partial charge in [0, 0.05) is 20.3 Å². The van der Waals surface area contributed by atoms with Crippen LogP contribution >= 0.6 is 0 Å². The van der Waals surface area contributed by atoms with Crippen molar-refractivity contribution < 1.29 is 4.79 Å². The van der Waals surface area contributed by atoms with Crippen LogP contribution in [0.3, 0.4) is 0 Å². The third kappa shape index (κ3) is 3.74. The van der Waals surface area contributed by atoms with Crippen molar-refractivity contribution in [1.29, 1.82) is 5.26 Å². The van der Waals surface area contributed by atoms with E-state index in [1.54, 1.807) is 12.1 Å². The molecule has 1 heterocycles. The number of pyridine rings is 1. The van der Waals surface area contributed by atoms with Crippen LogP contribution in [0.5, 0.6) is 0 Å². The topological polar surface area (TPSA) is 69.0 Å². The second kappa shape index (κ2) is 6.60. The van der Waals surface area contributed by atoms with Gasteiger partial charge in [0.2, 0.25) is 0 Å². The van der Waals surface area contributed by atoms with Crippen molar-refractivity contribution in [3.8, 4) is 6.07 Å². The molecule has 1 rings (SSSR count). The third-order valence-corrected chi connectivity index (χ3v) is 2.51. The van der Waals surface area contributed by atoms with Crippen LogP contribution in [0, 0.1) is 11.3 Å². The summed E-state index contributed by atoms with van der Waals surface area (Å²) in [6.45, 7) is 1.98. The van der Waals surface area contributed by atoms with Gasteiger partial charge < -0.3 is 10.2 Å². The molecule has 0 fully saturated rings. The van der Waals surface area contributed by atoms with Crippen LogP contribution in [0.25, 0.3) is 0 Å². The average Bonchev–Trinajstić information content (AvgIpc) is 2.38. The standard InChI is InChI=1S/C13H18N4O/c1-4-5-11(8-14)16-13(18)10-6-7-12(15-9-10)17(2)3/h6-7,9,11H,4-5H2,1-3H3,(H,16,18)/t11-/m1/s1. The highest BCUT2D eigenvalue weighted by molar-refractivity contribution is 5.94. The van der Waals surface area contributed by atoms with Gasteiger partial charge in [0.15, 0.2) is 0 Å². The van der Waals surface area contributed by atoms with E-state index in [0.717, 1.165) is 12.2 Å². The molecule has 0 unspecified atom stereocenters. The van der Waals surface area contributed by atoms with Gasteiger partial charge in [0.25, 0.3) is 5.91 Å². The largest absolute Gasteiger partial charge is 0.363 e. The fraction of sp³-hybridized carbons (Fsp3) is 0.462. The van der Waals surface area contributed by atoms with Crippen molar-refractivity contribution >= 4 is 11.7 Å². The Bertz CT molecular complexity index is 433. The van der Waals surface area contributed by atoms with E-state index in [-0.39, 0.29) is 5.91 Å². The third-order valence-electron chi connectivity index (χ3n) is 2.51. The summed E-state index contributed by atoms with van der Waals surface area (Å²) in [5, 5.41) is 11.6. The molecule has 0 spiro atoms.